The van der Waals surface area contributed by atoms with Gasteiger partial charge in [0.25, 0.3) is 0 Å². The number of hydrogen-bond acceptors (Lipinski definition) is 4. The van der Waals surface area contributed by atoms with Gasteiger partial charge in [-0.25, -0.2) is 15.0 Å². The fraction of sp³-hybridized carbons (Fsp3) is 0. The molecule has 0 amide bonds. The number of para-hydroxylation sites is 2. The molecule has 3 aromatic heterocycles. The highest BCUT2D eigenvalue weighted by Gasteiger charge is 2.21. The van der Waals surface area contributed by atoms with E-state index in [9.17, 15) is 6.85 Å². The molecule has 0 atom stereocenters. The van der Waals surface area contributed by atoms with Gasteiger partial charge in [-0.1, -0.05) is 194 Å². The van der Waals surface area contributed by atoms with Crippen molar-refractivity contribution in [1.82, 2.24) is 19.5 Å². The highest BCUT2D eigenvalue weighted by Crippen LogP contribution is 2.40. The molecule has 0 aliphatic heterocycles. The molecule has 0 unspecified atom stereocenters. The highest BCUT2D eigenvalue weighted by atomic mass is 16.3. The first kappa shape index (κ1) is 28.7. The maximum atomic E-state index is 9.84. The van der Waals surface area contributed by atoms with Crippen LogP contribution in [0, 0.1) is 0 Å². The maximum absolute atomic E-state index is 9.84. The predicted octanol–water partition coefficient (Wildman–Crippen LogP) is 16.5. The Hall–Kier alpha value is -9.19. The molecule has 3 heterocycles. The average molecular weight is 881 g/mol. The van der Waals surface area contributed by atoms with Crippen LogP contribution in [0.2, 0.25) is 0 Å². The molecule has 5 nitrogen and oxygen atoms in total. The van der Waals surface area contributed by atoms with Gasteiger partial charge in [0.05, 0.1) is 33.2 Å². The Morgan fingerprint density at radius 2 is 0.882 bits per heavy atom. The Morgan fingerprint density at radius 3 is 1.62 bits per heavy atom. The van der Waals surface area contributed by atoms with Crippen LogP contribution in [0.5, 0.6) is 0 Å². The Bertz CT molecular complexity index is 4690. The molecule has 0 aliphatic carbocycles. The molecule has 0 aliphatic rings. The van der Waals surface area contributed by atoms with E-state index in [0.717, 1.165) is 38.6 Å². The Balaban J connectivity index is 1.09. The molecule has 0 N–H and O–H groups in total. The maximum Gasteiger partial charge on any atom is 0.166 e. The Morgan fingerprint density at radius 1 is 0.338 bits per heavy atom. The van der Waals surface area contributed by atoms with Gasteiger partial charge in [-0.3, -0.25) is 0 Å². The van der Waals surface area contributed by atoms with Crippen molar-refractivity contribution in [1.29, 1.82) is 0 Å². The third-order valence-corrected chi connectivity index (χ3v) is 12.2. The van der Waals surface area contributed by atoms with Crippen LogP contribution in [0.15, 0.2) is 247 Å². The smallest absolute Gasteiger partial charge is 0.166 e. The summed E-state index contributed by atoms with van der Waals surface area (Å²) < 4.78 is 117. The SMILES string of the molecule is [2H]c1c([2H])c([2H])c(-c2c([2H])c([2H])c3c(c2[2H])c2c([2H])c([2H])c([2H])c([2H])c2n3-c2ccc(-c3ccc(-c4ccc(-c5ccccc5)cc4)cc3)cc2-c2nc(-c3ccccc3)nc(-c3ccc4c(c3)oc3ccccc34)n2)c([2H])c1[2H]. The van der Waals surface area contributed by atoms with E-state index in [4.69, 9.17) is 29.0 Å². The Kier molecular flexibility index (Phi) is 6.89. The summed E-state index contributed by atoms with van der Waals surface area (Å²) in [6.07, 6.45) is 0. The van der Waals surface area contributed by atoms with Crippen molar-refractivity contribution >= 4 is 43.7 Å². The molecule has 0 spiro atoms. The van der Waals surface area contributed by atoms with Gasteiger partial charge in [-0.05, 0) is 93.0 Å². The molecule has 13 rings (SSSR count). The zero-order valence-electron chi connectivity index (χ0n) is 47.9. The molecule has 13 aromatic rings. The van der Waals surface area contributed by atoms with Gasteiger partial charge in [-0.15, -0.1) is 0 Å². The van der Waals surface area contributed by atoms with E-state index >= 15 is 0 Å². The van der Waals surface area contributed by atoms with E-state index in [-0.39, 0.29) is 39.1 Å². The molecular weight excluding hydrogens is 829 g/mol. The molecule has 0 saturated heterocycles. The second-order valence-corrected chi connectivity index (χ2v) is 16.3. The number of rotatable bonds is 8. The molecular formula is C63H40N4O. The van der Waals surface area contributed by atoms with Crippen LogP contribution < -0.4 is 0 Å². The van der Waals surface area contributed by atoms with Crippen LogP contribution in [-0.2, 0) is 0 Å². The van der Waals surface area contributed by atoms with Crippen LogP contribution in [0.3, 0.4) is 0 Å². The highest BCUT2D eigenvalue weighted by molar-refractivity contribution is 6.11. The lowest BCUT2D eigenvalue weighted by molar-refractivity contribution is 0.669. The number of aromatic nitrogens is 4. The summed E-state index contributed by atoms with van der Waals surface area (Å²) in [5, 5.41) is 1.46. The second-order valence-electron chi connectivity index (χ2n) is 16.3. The zero-order chi connectivity index (χ0) is 55.4. The summed E-state index contributed by atoms with van der Waals surface area (Å²) in [6.45, 7) is 0. The predicted molar refractivity (Wildman–Crippen MR) is 279 cm³/mol. The van der Waals surface area contributed by atoms with Crippen LogP contribution in [0.4, 0.5) is 0 Å². The molecule has 0 radical (unpaired) electrons. The summed E-state index contributed by atoms with van der Waals surface area (Å²) in [4.78, 5) is 15.4. The number of hydrogen-bond donors (Lipinski definition) is 0. The van der Waals surface area contributed by atoms with Gasteiger partial charge in [0.2, 0.25) is 0 Å². The van der Waals surface area contributed by atoms with Crippen LogP contribution in [0.25, 0.3) is 128 Å². The van der Waals surface area contributed by atoms with E-state index in [0.29, 0.717) is 39.2 Å². The lowest BCUT2D eigenvalue weighted by Gasteiger charge is -2.16. The summed E-state index contributed by atoms with van der Waals surface area (Å²) >= 11 is 0. The van der Waals surface area contributed by atoms with Gasteiger partial charge >= 0.3 is 0 Å². The quantitative estimate of drug-likeness (QED) is 0.153. The minimum absolute atomic E-state index is 0.126. The zero-order valence-corrected chi connectivity index (χ0v) is 35.9. The minimum Gasteiger partial charge on any atom is -0.456 e. The van der Waals surface area contributed by atoms with Crippen molar-refractivity contribution in [2.75, 3.05) is 0 Å². The van der Waals surface area contributed by atoms with E-state index in [1.807, 2.05) is 127 Å². The van der Waals surface area contributed by atoms with Gasteiger partial charge in [0, 0.05) is 38.2 Å². The van der Waals surface area contributed by atoms with E-state index < -0.39 is 83.6 Å². The molecule has 5 heteroatoms. The molecule has 0 saturated carbocycles. The minimum atomic E-state index is -0.711. The van der Waals surface area contributed by atoms with Crippen LogP contribution >= 0.6 is 0 Å². The van der Waals surface area contributed by atoms with Crippen molar-refractivity contribution in [3.05, 3.63) is 242 Å². The van der Waals surface area contributed by atoms with Crippen molar-refractivity contribution in [2.45, 2.75) is 0 Å². The molecule has 0 fully saturated rings. The van der Waals surface area contributed by atoms with Gasteiger partial charge < -0.3 is 8.98 Å². The lowest BCUT2D eigenvalue weighted by Crippen LogP contribution is -2.04. The number of fused-ring (bicyclic) bond motifs is 6. The van der Waals surface area contributed by atoms with E-state index in [1.54, 1.807) is 6.07 Å². The van der Waals surface area contributed by atoms with Crippen molar-refractivity contribution in [3.8, 4) is 84.4 Å². The number of nitrogens with zero attached hydrogens (tertiary/aromatic N) is 4. The van der Waals surface area contributed by atoms with Gasteiger partial charge in [0.1, 0.15) is 11.2 Å². The molecule has 318 valence electrons. The lowest BCUT2D eigenvalue weighted by atomic mass is 9.97. The van der Waals surface area contributed by atoms with Gasteiger partial charge in [-0.2, -0.15) is 0 Å². The van der Waals surface area contributed by atoms with E-state index in [2.05, 4.69) is 36.4 Å². The first-order chi connectivity index (χ1) is 38.7. The van der Waals surface area contributed by atoms with E-state index in [1.165, 1.54) is 4.57 Å². The first-order valence-corrected chi connectivity index (χ1v) is 21.9. The largest absolute Gasteiger partial charge is 0.456 e. The molecule has 0 bridgehead atoms. The van der Waals surface area contributed by atoms with Crippen molar-refractivity contribution in [2.24, 2.45) is 0 Å². The second kappa shape index (κ2) is 16.4. The fourth-order valence-corrected chi connectivity index (χ4v) is 8.89. The Labute approximate surface area is 409 Å². The van der Waals surface area contributed by atoms with Gasteiger partial charge in [0.15, 0.2) is 17.5 Å². The average Bonchev–Trinajstić information content (AvgIpc) is 4.12. The number of furan rings is 1. The fourth-order valence-electron chi connectivity index (χ4n) is 8.89. The van der Waals surface area contributed by atoms with Crippen LogP contribution in [-0.4, -0.2) is 19.5 Å². The summed E-state index contributed by atoms with van der Waals surface area (Å²) in [5.41, 5.74) is 7.51. The normalized spacial score (nSPS) is 14.0. The third kappa shape index (κ3) is 6.93. The molecule has 68 heavy (non-hydrogen) atoms. The third-order valence-electron chi connectivity index (χ3n) is 12.2. The summed E-state index contributed by atoms with van der Waals surface area (Å²) in [5.74, 6) is 0.691. The number of benzene rings is 10. The van der Waals surface area contributed by atoms with Crippen molar-refractivity contribution in [3.63, 3.8) is 0 Å². The summed E-state index contributed by atoms with van der Waals surface area (Å²) in [6, 6.07) is 47.1. The standard InChI is InChI=1S/C63H40N4O/c1-4-14-41(15-5-1)43-24-26-44(27-25-43)45-28-30-46(31-29-45)49-34-37-58(67-56-22-12-10-20-51(56)54-38-48(33-36-57(54)67)42-16-6-2-7-17-42)55(39-49)63-65-61(47-18-8-3-9-19-47)64-62(66-63)50-32-35-53-52-21-11-13-23-59(52)68-60(53)40-50/h1-40H/i2D,6D,7D,10D,12D,16D,17D,20D,22D,33D,36D,38D. The monoisotopic (exact) mass is 880 g/mol. The summed E-state index contributed by atoms with van der Waals surface area (Å²) in [7, 11) is 0. The first-order valence-electron chi connectivity index (χ1n) is 27.9. The topological polar surface area (TPSA) is 56.7 Å². The van der Waals surface area contributed by atoms with Crippen molar-refractivity contribution < 1.29 is 20.9 Å². The van der Waals surface area contributed by atoms with Crippen LogP contribution in [0.1, 0.15) is 16.4 Å². The molecule has 10 aromatic carbocycles.